The van der Waals surface area contributed by atoms with Crippen molar-refractivity contribution in [2.45, 2.75) is 6.92 Å². The first-order chi connectivity index (χ1) is 12.6. The number of aromatic nitrogens is 4. The molecule has 26 heavy (non-hydrogen) atoms. The van der Waals surface area contributed by atoms with Crippen LogP contribution < -0.4 is 5.56 Å². The predicted octanol–water partition coefficient (Wildman–Crippen LogP) is 3.74. The quantitative estimate of drug-likeness (QED) is 0.615. The van der Waals surface area contributed by atoms with E-state index < -0.39 is 0 Å². The van der Waals surface area contributed by atoms with Crippen LogP contribution in [0.25, 0.3) is 28.2 Å². The molecule has 0 fully saturated rings. The lowest BCUT2D eigenvalue weighted by Gasteiger charge is -2.09. The Hall–Kier alpha value is -3.54. The molecule has 0 aliphatic carbocycles. The molecule has 2 heterocycles. The molecular weight excluding hydrogens is 331 g/mol. The molecule has 0 bridgehead atoms. The average Bonchev–Trinajstić information content (AvgIpc) is 3.13. The van der Waals surface area contributed by atoms with Crippen LogP contribution in [0.15, 0.2) is 71.7 Å². The first-order valence-electron chi connectivity index (χ1n) is 8.09. The maximum absolute atomic E-state index is 13.2. The summed E-state index contributed by atoms with van der Waals surface area (Å²) in [6.45, 7) is 1.93. The third-order valence-electron chi connectivity index (χ3n) is 4.19. The average molecular weight is 346 g/mol. The minimum atomic E-state index is -0.305. The van der Waals surface area contributed by atoms with E-state index in [1.165, 1.54) is 22.9 Å². The molecule has 0 aliphatic heterocycles. The normalized spacial score (nSPS) is 10.8. The Labute approximate surface area is 148 Å². The van der Waals surface area contributed by atoms with Gasteiger partial charge in [0.25, 0.3) is 5.56 Å². The minimum Gasteiger partial charge on any atom is -0.277 e. The van der Waals surface area contributed by atoms with Gasteiger partial charge in [0.1, 0.15) is 5.82 Å². The van der Waals surface area contributed by atoms with Crippen molar-refractivity contribution in [3.63, 3.8) is 0 Å². The number of aromatic amines is 1. The van der Waals surface area contributed by atoms with Gasteiger partial charge in [-0.05, 0) is 48.9 Å². The van der Waals surface area contributed by atoms with Crippen molar-refractivity contribution < 1.29 is 4.39 Å². The lowest BCUT2D eigenvalue weighted by atomic mass is 10.1. The zero-order valence-electron chi connectivity index (χ0n) is 14.0. The Bertz CT molecular complexity index is 1130. The van der Waals surface area contributed by atoms with Crippen molar-refractivity contribution in [1.82, 2.24) is 20.0 Å². The van der Waals surface area contributed by atoms with Gasteiger partial charge in [-0.1, -0.05) is 18.2 Å². The van der Waals surface area contributed by atoms with Crippen molar-refractivity contribution in [2.75, 3.05) is 0 Å². The van der Waals surface area contributed by atoms with Crippen molar-refractivity contribution >= 4 is 0 Å². The number of rotatable bonds is 3. The molecule has 2 aromatic heterocycles. The summed E-state index contributed by atoms with van der Waals surface area (Å²) in [7, 11) is 0. The molecule has 128 valence electrons. The monoisotopic (exact) mass is 346 g/mol. The third-order valence-corrected chi connectivity index (χ3v) is 4.19. The van der Waals surface area contributed by atoms with Crippen molar-refractivity contribution in [1.29, 1.82) is 0 Å². The van der Waals surface area contributed by atoms with Crippen LogP contribution in [0.3, 0.4) is 0 Å². The summed E-state index contributed by atoms with van der Waals surface area (Å²) in [6.07, 6.45) is 1.65. The summed E-state index contributed by atoms with van der Waals surface area (Å²) >= 11 is 0. The van der Waals surface area contributed by atoms with Crippen LogP contribution in [0, 0.1) is 12.7 Å². The Morgan fingerprint density at radius 1 is 1.00 bits per heavy atom. The number of H-pyrrole nitrogens is 1. The van der Waals surface area contributed by atoms with Crippen LogP contribution in [0.2, 0.25) is 0 Å². The Kier molecular flexibility index (Phi) is 3.93. The molecule has 0 spiro atoms. The Morgan fingerprint density at radius 3 is 2.54 bits per heavy atom. The highest BCUT2D eigenvalue weighted by Crippen LogP contribution is 2.28. The van der Waals surface area contributed by atoms with E-state index in [-0.39, 0.29) is 11.4 Å². The van der Waals surface area contributed by atoms with Gasteiger partial charge in [0.05, 0.1) is 23.3 Å². The first kappa shape index (κ1) is 16.0. The van der Waals surface area contributed by atoms with E-state index in [0.29, 0.717) is 11.4 Å². The Morgan fingerprint density at radius 2 is 1.77 bits per heavy atom. The summed E-state index contributed by atoms with van der Waals surface area (Å²) in [5.74, 6) is -0.305. The van der Waals surface area contributed by atoms with E-state index in [0.717, 1.165) is 22.4 Å². The summed E-state index contributed by atoms with van der Waals surface area (Å²) < 4.78 is 14.6. The molecular formula is C20H15FN4O. The summed E-state index contributed by atoms with van der Waals surface area (Å²) in [4.78, 5) is 12.3. The molecule has 0 atom stereocenters. The van der Waals surface area contributed by atoms with Gasteiger partial charge in [0.2, 0.25) is 0 Å². The number of benzene rings is 2. The molecule has 0 saturated heterocycles. The molecule has 1 N–H and O–H groups in total. The molecule has 0 unspecified atom stereocenters. The highest BCUT2D eigenvalue weighted by Gasteiger charge is 2.13. The lowest BCUT2D eigenvalue weighted by molar-refractivity contribution is 0.628. The maximum atomic E-state index is 13.2. The Balaban J connectivity index is 1.85. The van der Waals surface area contributed by atoms with E-state index in [4.69, 9.17) is 0 Å². The molecule has 0 saturated carbocycles. The highest BCUT2D eigenvalue weighted by molar-refractivity contribution is 5.78. The van der Waals surface area contributed by atoms with Crippen molar-refractivity contribution in [3.05, 3.63) is 88.6 Å². The number of hydrogen-bond acceptors (Lipinski definition) is 3. The van der Waals surface area contributed by atoms with Crippen LogP contribution in [-0.2, 0) is 0 Å². The van der Waals surface area contributed by atoms with Gasteiger partial charge in [0.15, 0.2) is 0 Å². The van der Waals surface area contributed by atoms with Gasteiger partial charge in [-0.2, -0.15) is 14.9 Å². The second-order valence-corrected chi connectivity index (χ2v) is 5.92. The SMILES string of the molecule is Cc1ccccc1-n1nc(-c2cn[nH]c2-c2ccc(F)cc2)ccc1=O. The fourth-order valence-corrected chi connectivity index (χ4v) is 2.85. The van der Waals surface area contributed by atoms with E-state index in [9.17, 15) is 9.18 Å². The number of hydrogen-bond donors (Lipinski definition) is 1. The molecule has 2 aromatic carbocycles. The number of nitrogens with one attached hydrogen (secondary N) is 1. The van der Waals surface area contributed by atoms with Gasteiger partial charge >= 0.3 is 0 Å². The zero-order chi connectivity index (χ0) is 18.1. The summed E-state index contributed by atoms with van der Waals surface area (Å²) in [5, 5.41) is 11.5. The predicted molar refractivity (Wildman–Crippen MR) is 97.5 cm³/mol. The first-order valence-corrected chi connectivity index (χ1v) is 8.09. The molecule has 0 aliphatic rings. The molecule has 6 heteroatoms. The van der Waals surface area contributed by atoms with E-state index in [1.807, 2.05) is 31.2 Å². The topological polar surface area (TPSA) is 63.6 Å². The fourth-order valence-electron chi connectivity index (χ4n) is 2.85. The van der Waals surface area contributed by atoms with E-state index in [1.54, 1.807) is 24.4 Å². The van der Waals surface area contributed by atoms with Gasteiger partial charge in [-0.15, -0.1) is 0 Å². The van der Waals surface area contributed by atoms with Crippen molar-refractivity contribution in [3.8, 4) is 28.2 Å². The van der Waals surface area contributed by atoms with Gasteiger partial charge < -0.3 is 0 Å². The van der Waals surface area contributed by atoms with Crippen molar-refractivity contribution in [2.24, 2.45) is 0 Å². The summed E-state index contributed by atoms with van der Waals surface area (Å²) in [6, 6.07) is 16.8. The van der Waals surface area contributed by atoms with Gasteiger partial charge in [0, 0.05) is 17.2 Å². The van der Waals surface area contributed by atoms with Crippen LogP contribution in [0.4, 0.5) is 4.39 Å². The second-order valence-electron chi connectivity index (χ2n) is 5.92. The van der Waals surface area contributed by atoms with E-state index >= 15 is 0 Å². The molecule has 0 amide bonds. The maximum Gasteiger partial charge on any atom is 0.271 e. The number of halogens is 1. The number of aryl methyl sites for hydroxylation is 1. The number of nitrogens with zero attached hydrogens (tertiary/aromatic N) is 3. The molecule has 5 nitrogen and oxygen atoms in total. The summed E-state index contributed by atoms with van der Waals surface area (Å²) in [5.41, 5.74) is 4.30. The third kappa shape index (κ3) is 2.82. The van der Waals surface area contributed by atoms with Crippen LogP contribution in [0.5, 0.6) is 0 Å². The minimum absolute atomic E-state index is 0.213. The second kappa shape index (κ2) is 6.40. The highest BCUT2D eigenvalue weighted by atomic mass is 19.1. The van der Waals surface area contributed by atoms with E-state index in [2.05, 4.69) is 15.3 Å². The zero-order valence-corrected chi connectivity index (χ0v) is 14.0. The lowest BCUT2D eigenvalue weighted by Crippen LogP contribution is -2.21. The largest absolute Gasteiger partial charge is 0.277 e. The fraction of sp³-hybridized carbons (Fsp3) is 0.0500. The smallest absolute Gasteiger partial charge is 0.271 e. The van der Waals surface area contributed by atoms with Gasteiger partial charge in [-0.3, -0.25) is 9.89 Å². The molecule has 4 aromatic rings. The van der Waals surface area contributed by atoms with Gasteiger partial charge in [-0.25, -0.2) is 4.39 Å². The van der Waals surface area contributed by atoms with Crippen LogP contribution in [-0.4, -0.2) is 20.0 Å². The van der Waals surface area contributed by atoms with Crippen LogP contribution >= 0.6 is 0 Å². The number of para-hydroxylation sites is 1. The van der Waals surface area contributed by atoms with Crippen LogP contribution in [0.1, 0.15) is 5.56 Å². The standard InChI is InChI=1S/C20H15FN4O/c1-13-4-2-3-5-18(13)25-19(26)11-10-17(24-25)16-12-22-23-20(16)14-6-8-15(21)9-7-14/h2-12H,1H3,(H,22,23). The molecule has 0 radical (unpaired) electrons. The molecule has 4 rings (SSSR count).